The average molecular weight is 306 g/mol. The van der Waals surface area contributed by atoms with E-state index in [1.165, 1.54) is 12.1 Å². The molecule has 4 nitrogen and oxygen atoms in total. The molecular weight excluding hydrogens is 291 g/mol. The minimum absolute atomic E-state index is 0.245. The molecule has 0 unspecified atom stereocenters. The number of nitrogens with one attached hydrogen (secondary N) is 1. The van der Waals surface area contributed by atoms with Crippen molar-refractivity contribution in [2.45, 2.75) is 4.90 Å². The van der Waals surface area contributed by atoms with Crippen LogP contribution < -0.4 is 16.0 Å². The molecule has 0 fully saturated rings. The van der Waals surface area contributed by atoms with Gasteiger partial charge in [-0.3, -0.25) is 10.2 Å². The normalized spacial score (nSPS) is 10.2. The molecule has 0 aliphatic heterocycles. The highest BCUT2D eigenvalue weighted by Crippen LogP contribution is 2.19. The van der Waals surface area contributed by atoms with E-state index in [4.69, 9.17) is 10.6 Å². The maximum Gasteiger partial charge on any atom is 0.265 e. The first kappa shape index (κ1) is 15.3. The van der Waals surface area contributed by atoms with Crippen LogP contribution in [0.4, 0.5) is 4.39 Å². The van der Waals surface area contributed by atoms with Crippen molar-refractivity contribution in [3.05, 3.63) is 59.9 Å². The molecule has 2 aromatic rings. The summed E-state index contributed by atoms with van der Waals surface area (Å²) >= 11 is 1.57. The van der Waals surface area contributed by atoms with Crippen LogP contribution in [0, 0.1) is 5.82 Å². The van der Waals surface area contributed by atoms with Gasteiger partial charge >= 0.3 is 0 Å². The molecule has 0 saturated carbocycles. The van der Waals surface area contributed by atoms with Gasteiger partial charge in [0, 0.05) is 16.2 Å². The van der Waals surface area contributed by atoms with Gasteiger partial charge in [0.2, 0.25) is 0 Å². The summed E-state index contributed by atoms with van der Waals surface area (Å²) in [5.74, 6) is 5.80. The van der Waals surface area contributed by atoms with E-state index in [1.54, 1.807) is 48.2 Å². The summed E-state index contributed by atoms with van der Waals surface area (Å²) in [6, 6.07) is 13.1. The Hall–Kier alpha value is -2.05. The lowest BCUT2D eigenvalue weighted by atomic mass is 10.2. The summed E-state index contributed by atoms with van der Waals surface area (Å²) in [5, 5.41) is 0. The minimum atomic E-state index is -0.360. The number of rotatable bonds is 6. The van der Waals surface area contributed by atoms with E-state index in [-0.39, 0.29) is 11.7 Å². The van der Waals surface area contributed by atoms with Gasteiger partial charge in [-0.1, -0.05) is 6.07 Å². The molecule has 21 heavy (non-hydrogen) atoms. The van der Waals surface area contributed by atoms with Crippen molar-refractivity contribution in [2.75, 3.05) is 12.4 Å². The largest absolute Gasteiger partial charge is 0.493 e. The van der Waals surface area contributed by atoms with Crippen molar-refractivity contribution in [3.8, 4) is 5.75 Å². The van der Waals surface area contributed by atoms with Crippen LogP contribution in [0.3, 0.4) is 0 Å². The molecule has 0 bridgehead atoms. The Balaban J connectivity index is 1.80. The second kappa shape index (κ2) is 7.66. The third kappa shape index (κ3) is 4.77. The number of hydrogen-bond donors (Lipinski definition) is 2. The summed E-state index contributed by atoms with van der Waals surface area (Å²) in [7, 11) is 0. The molecule has 0 aliphatic rings. The molecule has 0 atom stereocenters. The van der Waals surface area contributed by atoms with E-state index < -0.39 is 0 Å². The standard InChI is InChI=1S/C15H15FN2O2S/c16-12-4-6-14(7-5-12)21-9-8-20-13-3-1-2-11(10-13)15(19)18-17/h1-7,10H,8-9,17H2,(H,18,19). The number of hydrogen-bond acceptors (Lipinski definition) is 4. The van der Waals surface area contributed by atoms with Gasteiger partial charge in [-0.15, -0.1) is 11.8 Å². The number of ether oxygens (including phenoxy) is 1. The summed E-state index contributed by atoms with van der Waals surface area (Å²) in [5.41, 5.74) is 2.52. The van der Waals surface area contributed by atoms with Gasteiger partial charge < -0.3 is 4.74 Å². The number of halogens is 1. The zero-order chi connectivity index (χ0) is 15.1. The molecule has 1 amide bonds. The van der Waals surface area contributed by atoms with Crippen molar-refractivity contribution in [1.29, 1.82) is 0 Å². The molecule has 0 aromatic heterocycles. The zero-order valence-electron chi connectivity index (χ0n) is 11.2. The molecule has 2 rings (SSSR count). The van der Waals surface area contributed by atoms with Gasteiger partial charge in [-0.2, -0.15) is 0 Å². The van der Waals surface area contributed by atoms with Gasteiger partial charge in [0.05, 0.1) is 6.61 Å². The first-order valence-corrected chi connectivity index (χ1v) is 7.30. The molecule has 3 N–H and O–H groups in total. The van der Waals surface area contributed by atoms with Crippen LogP contribution in [0.5, 0.6) is 5.75 Å². The second-order valence-electron chi connectivity index (χ2n) is 4.15. The van der Waals surface area contributed by atoms with E-state index in [9.17, 15) is 9.18 Å². The molecule has 2 aromatic carbocycles. The SMILES string of the molecule is NNC(=O)c1cccc(OCCSc2ccc(F)cc2)c1. The fraction of sp³-hybridized carbons (Fsp3) is 0.133. The second-order valence-corrected chi connectivity index (χ2v) is 5.32. The van der Waals surface area contributed by atoms with Crippen molar-refractivity contribution in [1.82, 2.24) is 5.43 Å². The van der Waals surface area contributed by atoms with Crippen LogP contribution in [-0.2, 0) is 0 Å². The first-order chi connectivity index (χ1) is 10.2. The smallest absolute Gasteiger partial charge is 0.265 e. The van der Waals surface area contributed by atoms with Gasteiger partial charge in [-0.05, 0) is 42.5 Å². The maximum absolute atomic E-state index is 12.8. The Kier molecular flexibility index (Phi) is 5.59. The van der Waals surface area contributed by atoms with Crippen LogP contribution in [-0.4, -0.2) is 18.3 Å². The van der Waals surface area contributed by atoms with E-state index in [0.29, 0.717) is 17.9 Å². The highest BCUT2D eigenvalue weighted by Gasteiger charge is 2.04. The molecule has 0 saturated heterocycles. The van der Waals surface area contributed by atoms with E-state index in [2.05, 4.69) is 5.43 Å². The fourth-order valence-electron chi connectivity index (χ4n) is 1.66. The Labute approximate surface area is 126 Å². The lowest BCUT2D eigenvalue weighted by Crippen LogP contribution is -2.29. The molecule has 0 radical (unpaired) electrons. The molecule has 0 heterocycles. The zero-order valence-corrected chi connectivity index (χ0v) is 12.0. The third-order valence-electron chi connectivity index (χ3n) is 2.66. The number of carbonyl (C=O) groups is 1. The highest BCUT2D eigenvalue weighted by atomic mass is 32.2. The molecule has 6 heteroatoms. The van der Waals surface area contributed by atoms with Crippen molar-refractivity contribution >= 4 is 17.7 Å². The highest BCUT2D eigenvalue weighted by molar-refractivity contribution is 7.99. The Morgan fingerprint density at radius 2 is 2.00 bits per heavy atom. The van der Waals surface area contributed by atoms with Crippen LogP contribution in [0.15, 0.2) is 53.4 Å². The van der Waals surface area contributed by atoms with Crippen molar-refractivity contribution in [2.24, 2.45) is 5.84 Å². The minimum Gasteiger partial charge on any atom is -0.493 e. The van der Waals surface area contributed by atoms with Gasteiger partial charge in [0.1, 0.15) is 11.6 Å². The van der Waals surface area contributed by atoms with Crippen LogP contribution in [0.2, 0.25) is 0 Å². The van der Waals surface area contributed by atoms with Crippen LogP contribution in [0.25, 0.3) is 0 Å². The predicted molar refractivity (Wildman–Crippen MR) is 80.7 cm³/mol. The Morgan fingerprint density at radius 3 is 2.71 bits per heavy atom. The molecule has 0 aliphatic carbocycles. The van der Waals surface area contributed by atoms with Gasteiger partial charge in [0.25, 0.3) is 5.91 Å². The van der Waals surface area contributed by atoms with Crippen molar-refractivity contribution in [3.63, 3.8) is 0 Å². The summed E-state index contributed by atoms with van der Waals surface area (Å²) in [6.07, 6.45) is 0. The van der Waals surface area contributed by atoms with Crippen LogP contribution >= 0.6 is 11.8 Å². The number of nitrogen functional groups attached to an aromatic ring is 1. The molecular formula is C15H15FN2O2S. The number of thioether (sulfide) groups is 1. The van der Waals surface area contributed by atoms with E-state index >= 15 is 0 Å². The number of amides is 1. The monoisotopic (exact) mass is 306 g/mol. The van der Waals surface area contributed by atoms with E-state index in [1.807, 2.05) is 0 Å². The quantitative estimate of drug-likeness (QED) is 0.283. The average Bonchev–Trinajstić information content (AvgIpc) is 2.53. The first-order valence-electron chi connectivity index (χ1n) is 6.31. The summed E-state index contributed by atoms with van der Waals surface area (Å²) in [6.45, 7) is 0.482. The van der Waals surface area contributed by atoms with Gasteiger partial charge in [-0.25, -0.2) is 10.2 Å². The fourth-order valence-corrected chi connectivity index (χ4v) is 2.39. The predicted octanol–water partition coefficient (Wildman–Crippen LogP) is 2.60. The lowest BCUT2D eigenvalue weighted by molar-refractivity contribution is 0.0953. The van der Waals surface area contributed by atoms with Gasteiger partial charge in [0.15, 0.2) is 0 Å². The Bertz CT molecular complexity index is 605. The lowest BCUT2D eigenvalue weighted by Gasteiger charge is -2.07. The molecule has 110 valence electrons. The summed E-state index contributed by atoms with van der Waals surface area (Å²) < 4.78 is 18.3. The third-order valence-corrected chi connectivity index (χ3v) is 3.64. The number of hydrazine groups is 1. The van der Waals surface area contributed by atoms with E-state index in [0.717, 1.165) is 10.6 Å². The topological polar surface area (TPSA) is 64.3 Å². The Morgan fingerprint density at radius 1 is 1.24 bits per heavy atom. The van der Waals surface area contributed by atoms with Crippen LogP contribution in [0.1, 0.15) is 10.4 Å². The molecule has 0 spiro atoms. The number of benzene rings is 2. The maximum atomic E-state index is 12.8. The number of carbonyl (C=O) groups excluding carboxylic acids is 1. The number of nitrogens with two attached hydrogens (primary N) is 1. The van der Waals surface area contributed by atoms with Crippen molar-refractivity contribution < 1.29 is 13.9 Å². The summed E-state index contributed by atoms with van der Waals surface area (Å²) in [4.78, 5) is 12.4.